The number of rotatable bonds is 4. The molecule has 0 bridgehead atoms. The van der Waals surface area contributed by atoms with Crippen LogP contribution in [-0.4, -0.2) is 38.8 Å². The number of hydrogen-bond acceptors (Lipinski definition) is 5. The van der Waals surface area contributed by atoms with Crippen molar-refractivity contribution in [2.45, 2.75) is 32.6 Å². The van der Waals surface area contributed by atoms with Crippen LogP contribution >= 0.6 is 0 Å². The molecule has 1 saturated heterocycles. The number of nitrogens with two attached hydrogens (primary N) is 1. The van der Waals surface area contributed by atoms with E-state index in [1.165, 1.54) is 11.1 Å². The van der Waals surface area contributed by atoms with E-state index < -0.39 is 0 Å². The van der Waals surface area contributed by atoms with Gasteiger partial charge in [0.05, 0.1) is 12.1 Å². The molecular weight excluding hydrogens is 362 g/mol. The highest BCUT2D eigenvalue weighted by Crippen LogP contribution is 2.33. The smallest absolute Gasteiger partial charge is 0.227 e. The van der Waals surface area contributed by atoms with Gasteiger partial charge in [-0.05, 0) is 54.7 Å². The maximum atomic E-state index is 12.9. The summed E-state index contributed by atoms with van der Waals surface area (Å²) in [6.45, 7) is 5.59. The lowest BCUT2D eigenvalue weighted by Crippen LogP contribution is -2.30. The summed E-state index contributed by atoms with van der Waals surface area (Å²) in [6, 6.07) is 9.98. The highest BCUT2D eigenvalue weighted by Gasteiger charge is 2.30. The van der Waals surface area contributed by atoms with E-state index in [4.69, 9.17) is 5.73 Å². The minimum absolute atomic E-state index is 0.166. The topological polar surface area (TPSA) is 85.0 Å². The van der Waals surface area contributed by atoms with Crippen molar-refractivity contribution in [2.24, 2.45) is 0 Å². The maximum Gasteiger partial charge on any atom is 0.227 e. The van der Waals surface area contributed by atoms with Crippen LogP contribution in [-0.2, 0) is 11.2 Å². The summed E-state index contributed by atoms with van der Waals surface area (Å²) in [7, 11) is 0. The van der Waals surface area contributed by atoms with Gasteiger partial charge >= 0.3 is 0 Å². The number of likely N-dealkylation sites (tertiary alicyclic amines) is 1. The maximum absolute atomic E-state index is 12.9. The molecule has 0 unspecified atom stereocenters. The molecule has 6 nitrogen and oxygen atoms in total. The lowest BCUT2D eigenvalue weighted by molar-refractivity contribution is -0.129. The Morgan fingerprint density at radius 2 is 2.03 bits per heavy atom. The van der Waals surface area contributed by atoms with Crippen LogP contribution in [0.1, 0.15) is 34.7 Å². The molecule has 1 aromatic carbocycles. The van der Waals surface area contributed by atoms with Gasteiger partial charge in [0.2, 0.25) is 5.91 Å². The Kier molecular flexibility index (Phi) is 5.25. The van der Waals surface area contributed by atoms with Crippen LogP contribution in [0.2, 0.25) is 0 Å². The third-order valence-corrected chi connectivity index (χ3v) is 5.69. The largest absolute Gasteiger partial charge is 0.384 e. The zero-order valence-corrected chi connectivity index (χ0v) is 16.8. The van der Waals surface area contributed by atoms with Gasteiger partial charge in [-0.2, -0.15) is 0 Å². The highest BCUT2D eigenvalue weighted by molar-refractivity contribution is 5.79. The Labute approximate surface area is 170 Å². The van der Waals surface area contributed by atoms with Crippen molar-refractivity contribution >= 4 is 11.7 Å². The zero-order valence-electron chi connectivity index (χ0n) is 16.8. The molecular formula is C23H25N5O. The van der Waals surface area contributed by atoms with Gasteiger partial charge in [0.1, 0.15) is 12.1 Å². The number of aryl methyl sites for hydroxylation is 2. The minimum atomic E-state index is 0.166. The number of nitrogen functional groups attached to an aromatic ring is 1. The molecule has 0 spiro atoms. The number of carbonyl (C=O) groups excluding carboxylic acids is 1. The van der Waals surface area contributed by atoms with E-state index >= 15 is 0 Å². The Morgan fingerprint density at radius 3 is 2.83 bits per heavy atom. The third-order valence-electron chi connectivity index (χ3n) is 5.69. The molecule has 1 fully saturated rings. The molecule has 0 aliphatic carbocycles. The molecule has 148 valence electrons. The molecule has 2 aromatic heterocycles. The molecule has 1 atom stereocenters. The molecule has 1 aliphatic heterocycles. The summed E-state index contributed by atoms with van der Waals surface area (Å²) >= 11 is 0. The number of carbonyl (C=O) groups is 1. The molecule has 1 aliphatic rings. The van der Waals surface area contributed by atoms with Crippen molar-refractivity contribution in [1.82, 2.24) is 19.9 Å². The Morgan fingerprint density at radius 1 is 1.17 bits per heavy atom. The SMILES string of the molecule is Cc1ccc(CC(=O)N2CC[C@@H](c3ncncc3-c3ccnc(N)c3)C2)cc1C. The molecule has 0 radical (unpaired) electrons. The van der Waals surface area contributed by atoms with Crippen molar-refractivity contribution in [2.75, 3.05) is 18.8 Å². The second-order valence-electron chi connectivity index (χ2n) is 7.71. The van der Waals surface area contributed by atoms with Crippen molar-refractivity contribution < 1.29 is 4.79 Å². The van der Waals surface area contributed by atoms with Crippen LogP contribution in [0.3, 0.4) is 0 Å². The summed E-state index contributed by atoms with van der Waals surface area (Å²) in [6.07, 6.45) is 6.41. The number of aromatic nitrogens is 3. The van der Waals surface area contributed by atoms with E-state index in [0.29, 0.717) is 18.8 Å². The van der Waals surface area contributed by atoms with Gasteiger partial charge in [-0.15, -0.1) is 0 Å². The second-order valence-corrected chi connectivity index (χ2v) is 7.71. The van der Waals surface area contributed by atoms with Crippen LogP contribution in [0.4, 0.5) is 5.82 Å². The Bertz CT molecular complexity index is 1050. The predicted octanol–water partition coefficient (Wildman–Crippen LogP) is 3.30. The molecule has 3 heterocycles. The van der Waals surface area contributed by atoms with E-state index in [0.717, 1.165) is 35.3 Å². The van der Waals surface area contributed by atoms with E-state index in [1.54, 1.807) is 12.5 Å². The van der Waals surface area contributed by atoms with Gasteiger partial charge in [0, 0.05) is 37.0 Å². The standard InChI is InChI=1S/C23H25N5O/c1-15-3-4-17(9-16(15)2)10-22(29)28-8-6-19(13-28)23-20(12-25-14-27-23)18-5-7-26-21(24)11-18/h3-5,7,9,11-12,14,19H,6,8,10,13H2,1-2H3,(H2,24,26)/t19-/m1/s1. The lowest BCUT2D eigenvalue weighted by atomic mass is 9.96. The third kappa shape index (κ3) is 4.11. The molecule has 3 aromatic rings. The van der Waals surface area contributed by atoms with Gasteiger partial charge in [-0.3, -0.25) is 4.79 Å². The Balaban J connectivity index is 1.50. The number of nitrogens with zero attached hydrogens (tertiary/aromatic N) is 4. The fraction of sp³-hybridized carbons (Fsp3) is 0.304. The first-order valence-electron chi connectivity index (χ1n) is 9.87. The van der Waals surface area contributed by atoms with Crippen LogP contribution in [0.25, 0.3) is 11.1 Å². The zero-order chi connectivity index (χ0) is 20.4. The average molecular weight is 387 g/mol. The summed E-state index contributed by atoms with van der Waals surface area (Å²) in [5, 5.41) is 0. The first-order valence-corrected chi connectivity index (χ1v) is 9.87. The first-order chi connectivity index (χ1) is 14.0. The van der Waals surface area contributed by atoms with Crippen LogP contribution in [0, 0.1) is 13.8 Å². The van der Waals surface area contributed by atoms with E-state index in [9.17, 15) is 4.79 Å². The van der Waals surface area contributed by atoms with Gasteiger partial charge in [0.15, 0.2) is 0 Å². The molecule has 1 amide bonds. The quantitative estimate of drug-likeness (QED) is 0.742. The molecule has 6 heteroatoms. The van der Waals surface area contributed by atoms with Crippen LogP contribution < -0.4 is 5.73 Å². The van der Waals surface area contributed by atoms with E-state index in [2.05, 4.69) is 40.9 Å². The van der Waals surface area contributed by atoms with Gasteiger partial charge in [-0.1, -0.05) is 18.2 Å². The first kappa shape index (κ1) is 19.1. The van der Waals surface area contributed by atoms with Crippen LogP contribution in [0.15, 0.2) is 49.1 Å². The molecule has 29 heavy (non-hydrogen) atoms. The van der Waals surface area contributed by atoms with Crippen molar-refractivity contribution in [1.29, 1.82) is 0 Å². The van der Waals surface area contributed by atoms with E-state index in [1.807, 2.05) is 29.3 Å². The van der Waals surface area contributed by atoms with Crippen LogP contribution in [0.5, 0.6) is 0 Å². The number of amides is 1. The summed E-state index contributed by atoms with van der Waals surface area (Å²) in [4.78, 5) is 27.6. The van der Waals surface area contributed by atoms with Crippen molar-refractivity contribution in [3.05, 3.63) is 71.4 Å². The fourth-order valence-electron chi connectivity index (χ4n) is 3.91. The Hall–Kier alpha value is -3.28. The van der Waals surface area contributed by atoms with E-state index in [-0.39, 0.29) is 11.8 Å². The number of pyridine rings is 1. The molecule has 4 rings (SSSR count). The number of anilines is 1. The second kappa shape index (κ2) is 7.99. The monoisotopic (exact) mass is 387 g/mol. The van der Waals surface area contributed by atoms with Gasteiger partial charge < -0.3 is 10.6 Å². The average Bonchev–Trinajstić information content (AvgIpc) is 3.21. The van der Waals surface area contributed by atoms with Gasteiger partial charge in [0.25, 0.3) is 0 Å². The summed E-state index contributed by atoms with van der Waals surface area (Å²) < 4.78 is 0. The molecule has 0 saturated carbocycles. The highest BCUT2D eigenvalue weighted by atomic mass is 16.2. The van der Waals surface area contributed by atoms with Crippen molar-refractivity contribution in [3.8, 4) is 11.1 Å². The molecule has 2 N–H and O–H groups in total. The fourth-order valence-corrected chi connectivity index (χ4v) is 3.91. The lowest BCUT2D eigenvalue weighted by Gasteiger charge is -2.18. The number of hydrogen-bond donors (Lipinski definition) is 1. The summed E-state index contributed by atoms with van der Waals surface area (Å²) in [5.74, 6) is 0.819. The van der Waals surface area contributed by atoms with Crippen molar-refractivity contribution in [3.63, 3.8) is 0 Å². The predicted molar refractivity (Wildman–Crippen MR) is 113 cm³/mol. The number of benzene rings is 1. The minimum Gasteiger partial charge on any atom is -0.384 e. The van der Waals surface area contributed by atoms with Gasteiger partial charge in [-0.25, -0.2) is 15.0 Å². The normalized spacial score (nSPS) is 16.2. The summed E-state index contributed by atoms with van der Waals surface area (Å²) in [5.41, 5.74) is 12.3.